The van der Waals surface area contributed by atoms with Gasteiger partial charge >= 0.3 is 0 Å². The van der Waals surface area contributed by atoms with Crippen LogP contribution in [-0.2, 0) is 6.54 Å². The summed E-state index contributed by atoms with van der Waals surface area (Å²) in [6.45, 7) is 0.570. The van der Waals surface area contributed by atoms with Gasteiger partial charge in [0.2, 0.25) is 0 Å². The van der Waals surface area contributed by atoms with Crippen molar-refractivity contribution in [2.45, 2.75) is 6.54 Å². The molecule has 0 saturated carbocycles. The van der Waals surface area contributed by atoms with E-state index in [0.29, 0.717) is 23.1 Å². The predicted molar refractivity (Wildman–Crippen MR) is 65.5 cm³/mol. The van der Waals surface area contributed by atoms with Crippen LogP contribution in [0.5, 0.6) is 0 Å². The van der Waals surface area contributed by atoms with Crippen molar-refractivity contribution in [1.82, 2.24) is 9.97 Å². The molecule has 84 valence electrons. The zero-order valence-corrected chi connectivity index (χ0v) is 9.65. The summed E-state index contributed by atoms with van der Waals surface area (Å²) in [5.74, 6) is 0.615. The van der Waals surface area contributed by atoms with Crippen molar-refractivity contribution in [2.24, 2.45) is 0 Å². The van der Waals surface area contributed by atoms with Gasteiger partial charge in [-0.2, -0.15) is 5.26 Å². The van der Waals surface area contributed by atoms with Gasteiger partial charge in [-0.05, 0) is 11.6 Å². The highest BCUT2D eigenvalue weighted by molar-refractivity contribution is 6.31. The summed E-state index contributed by atoms with van der Waals surface area (Å²) < 4.78 is 0. The van der Waals surface area contributed by atoms with E-state index in [4.69, 9.17) is 16.9 Å². The van der Waals surface area contributed by atoms with Crippen LogP contribution < -0.4 is 5.32 Å². The number of hydrogen-bond donors (Lipinski definition) is 1. The minimum Gasteiger partial charge on any atom is -0.365 e. The Morgan fingerprint density at radius 2 is 2.06 bits per heavy atom. The molecule has 0 aliphatic rings. The number of hydrogen-bond acceptors (Lipinski definition) is 4. The Balaban J connectivity index is 2.03. The van der Waals surface area contributed by atoms with Crippen LogP contribution in [0.15, 0.2) is 36.7 Å². The molecular weight excluding hydrogens is 236 g/mol. The lowest BCUT2D eigenvalue weighted by Crippen LogP contribution is -2.02. The lowest BCUT2D eigenvalue weighted by Gasteiger charge is -2.06. The van der Waals surface area contributed by atoms with Gasteiger partial charge in [0.25, 0.3) is 0 Å². The standard InChI is InChI=1S/C12H9ClN4/c13-11-4-2-1-3-9(11)6-16-12-8-15-10(5-14)7-17-12/h1-4,7-8H,6H2,(H,16,17). The topological polar surface area (TPSA) is 61.6 Å². The fourth-order valence-electron chi connectivity index (χ4n) is 1.30. The number of nitrogens with zero attached hydrogens (tertiary/aromatic N) is 3. The van der Waals surface area contributed by atoms with E-state index >= 15 is 0 Å². The molecule has 1 heterocycles. The zero-order chi connectivity index (χ0) is 12.1. The van der Waals surface area contributed by atoms with Gasteiger partial charge in [0.15, 0.2) is 5.69 Å². The number of halogens is 1. The van der Waals surface area contributed by atoms with E-state index in [1.165, 1.54) is 12.4 Å². The van der Waals surface area contributed by atoms with Crippen LogP contribution in [-0.4, -0.2) is 9.97 Å². The molecule has 1 N–H and O–H groups in total. The molecule has 0 unspecified atom stereocenters. The molecule has 0 atom stereocenters. The van der Waals surface area contributed by atoms with E-state index in [0.717, 1.165) is 5.56 Å². The van der Waals surface area contributed by atoms with Crippen LogP contribution in [0.1, 0.15) is 11.3 Å². The molecule has 5 heteroatoms. The molecule has 0 aliphatic heterocycles. The van der Waals surface area contributed by atoms with Crippen LogP contribution in [0.25, 0.3) is 0 Å². The van der Waals surface area contributed by atoms with Gasteiger partial charge in [0.1, 0.15) is 11.9 Å². The van der Waals surface area contributed by atoms with Crippen LogP contribution in [0, 0.1) is 11.3 Å². The van der Waals surface area contributed by atoms with Crippen LogP contribution >= 0.6 is 11.6 Å². The van der Waals surface area contributed by atoms with Crippen molar-refractivity contribution in [3.05, 3.63) is 52.9 Å². The van der Waals surface area contributed by atoms with E-state index in [1.807, 2.05) is 30.3 Å². The van der Waals surface area contributed by atoms with Gasteiger partial charge in [-0.15, -0.1) is 0 Å². The average molecular weight is 245 g/mol. The lowest BCUT2D eigenvalue weighted by molar-refractivity contribution is 1.08. The maximum absolute atomic E-state index is 8.58. The van der Waals surface area contributed by atoms with Crippen molar-refractivity contribution >= 4 is 17.4 Å². The Bertz CT molecular complexity index is 545. The minimum absolute atomic E-state index is 0.299. The number of aromatic nitrogens is 2. The number of nitrogens with one attached hydrogen (secondary N) is 1. The summed E-state index contributed by atoms with van der Waals surface area (Å²) in [5.41, 5.74) is 1.29. The van der Waals surface area contributed by atoms with Gasteiger partial charge in [0, 0.05) is 11.6 Å². The highest BCUT2D eigenvalue weighted by Gasteiger charge is 2.00. The van der Waals surface area contributed by atoms with Crippen molar-refractivity contribution in [3.63, 3.8) is 0 Å². The molecule has 2 aromatic rings. The molecule has 17 heavy (non-hydrogen) atoms. The SMILES string of the molecule is N#Cc1cnc(NCc2ccccc2Cl)cn1. The summed E-state index contributed by atoms with van der Waals surface area (Å²) >= 11 is 6.02. The largest absolute Gasteiger partial charge is 0.365 e. The Morgan fingerprint density at radius 3 is 2.71 bits per heavy atom. The summed E-state index contributed by atoms with van der Waals surface area (Å²) in [6, 6.07) is 9.49. The fourth-order valence-corrected chi connectivity index (χ4v) is 1.51. The quantitative estimate of drug-likeness (QED) is 0.902. The van der Waals surface area contributed by atoms with Crippen molar-refractivity contribution in [3.8, 4) is 6.07 Å². The number of nitriles is 1. The Hall–Kier alpha value is -2.12. The smallest absolute Gasteiger partial charge is 0.158 e. The average Bonchev–Trinajstić information content (AvgIpc) is 2.38. The molecule has 0 aliphatic carbocycles. The minimum atomic E-state index is 0.299. The molecule has 0 bridgehead atoms. The molecule has 0 saturated heterocycles. The zero-order valence-electron chi connectivity index (χ0n) is 8.89. The summed E-state index contributed by atoms with van der Waals surface area (Å²) in [4.78, 5) is 7.97. The first-order valence-corrected chi connectivity index (χ1v) is 5.37. The first-order chi connectivity index (χ1) is 8.29. The second kappa shape index (κ2) is 5.28. The van der Waals surface area contributed by atoms with Crippen LogP contribution in [0.4, 0.5) is 5.82 Å². The first kappa shape index (κ1) is 11.4. The molecule has 0 fully saturated rings. The van der Waals surface area contributed by atoms with Crippen molar-refractivity contribution in [2.75, 3.05) is 5.32 Å². The summed E-state index contributed by atoms with van der Waals surface area (Å²) in [6.07, 6.45) is 2.95. The van der Waals surface area contributed by atoms with Crippen molar-refractivity contribution < 1.29 is 0 Å². The van der Waals surface area contributed by atoms with Gasteiger partial charge in [0.05, 0.1) is 12.4 Å². The highest BCUT2D eigenvalue weighted by atomic mass is 35.5. The molecule has 1 aromatic carbocycles. The Kier molecular flexibility index (Phi) is 3.53. The second-order valence-corrected chi connectivity index (χ2v) is 3.75. The van der Waals surface area contributed by atoms with Gasteiger partial charge in [-0.1, -0.05) is 29.8 Å². The van der Waals surface area contributed by atoms with E-state index in [-0.39, 0.29) is 0 Å². The maximum Gasteiger partial charge on any atom is 0.158 e. The number of anilines is 1. The second-order valence-electron chi connectivity index (χ2n) is 3.34. The van der Waals surface area contributed by atoms with Gasteiger partial charge in [-0.3, -0.25) is 0 Å². The molecule has 1 aromatic heterocycles. The van der Waals surface area contributed by atoms with E-state index in [1.54, 1.807) is 0 Å². The normalized spacial score (nSPS) is 9.65. The molecule has 0 amide bonds. The number of benzene rings is 1. The molecule has 4 nitrogen and oxygen atoms in total. The third-order valence-corrected chi connectivity index (χ3v) is 2.55. The monoisotopic (exact) mass is 244 g/mol. The van der Waals surface area contributed by atoms with E-state index in [9.17, 15) is 0 Å². The molecule has 0 spiro atoms. The van der Waals surface area contributed by atoms with Gasteiger partial charge < -0.3 is 5.32 Å². The summed E-state index contributed by atoms with van der Waals surface area (Å²) in [5, 5.41) is 12.4. The highest BCUT2D eigenvalue weighted by Crippen LogP contribution is 2.15. The molecule has 0 radical (unpaired) electrons. The third kappa shape index (κ3) is 2.92. The predicted octanol–water partition coefficient (Wildman–Crippen LogP) is 2.61. The van der Waals surface area contributed by atoms with Gasteiger partial charge in [-0.25, -0.2) is 9.97 Å². The fraction of sp³-hybridized carbons (Fsp3) is 0.0833. The molecular formula is C12H9ClN4. The number of rotatable bonds is 3. The Morgan fingerprint density at radius 1 is 1.24 bits per heavy atom. The summed E-state index contributed by atoms with van der Waals surface area (Å²) in [7, 11) is 0. The van der Waals surface area contributed by atoms with Crippen LogP contribution in [0.3, 0.4) is 0 Å². The van der Waals surface area contributed by atoms with E-state index in [2.05, 4.69) is 15.3 Å². The third-order valence-electron chi connectivity index (χ3n) is 2.18. The first-order valence-electron chi connectivity index (χ1n) is 4.99. The van der Waals surface area contributed by atoms with E-state index < -0.39 is 0 Å². The Labute approximate surface area is 104 Å². The molecule has 2 rings (SSSR count). The maximum atomic E-state index is 8.58. The lowest BCUT2D eigenvalue weighted by atomic mass is 10.2. The van der Waals surface area contributed by atoms with Crippen molar-refractivity contribution in [1.29, 1.82) is 5.26 Å². The van der Waals surface area contributed by atoms with Crippen LogP contribution in [0.2, 0.25) is 5.02 Å².